The topological polar surface area (TPSA) is 79.6 Å². The highest BCUT2D eigenvalue weighted by Crippen LogP contribution is 2.30. The molecule has 1 unspecified atom stereocenters. The first kappa shape index (κ1) is 16.6. The summed E-state index contributed by atoms with van der Waals surface area (Å²) in [6.07, 6.45) is 4.04. The molecular weight excluding hydrogens is 328 g/mol. The van der Waals surface area contributed by atoms with E-state index in [0.717, 1.165) is 11.3 Å². The largest absolute Gasteiger partial charge is 0.469 e. The number of hydrogen-bond acceptors (Lipinski definition) is 4. The maximum absolute atomic E-state index is 12.4. The maximum Gasteiger partial charge on any atom is 0.251 e. The molecule has 0 saturated heterocycles. The van der Waals surface area contributed by atoms with Gasteiger partial charge in [0.25, 0.3) is 5.91 Å². The van der Waals surface area contributed by atoms with Gasteiger partial charge in [-0.25, -0.2) is 8.42 Å². The van der Waals surface area contributed by atoms with E-state index in [-0.39, 0.29) is 11.9 Å². The molecule has 1 aromatic heterocycles. The van der Waals surface area contributed by atoms with Crippen LogP contribution < -0.4 is 9.62 Å². The summed E-state index contributed by atoms with van der Waals surface area (Å²) in [6, 6.07) is 8.77. The molecular formula is C17H20N2O4S. The molecule has 0 bridgehead atoms. The number of amides is 1. The number of nitrogens with one attached hydrogen (secondary N) is 1. The summed E-state index contributed by atoms with van der Waals surface area (Å²) in [5, 5.41) is 2.94. The van der Waals surface area contributed by atoms with Crippen molar-refractivity contribution in [3.8, 4) is 0 Å². The van der Waals surface area contributed by atoms with Crippen LogP contribution in [-0.4, -0.2) is 33.2 Å². The van der Waals surface area contributed by atoms with Gasteiger partial charge in [-0.15, -0.1) is 0 Å². The van der Waals surface area contributed by atoms with Crippen LogP contribution in [0, 0.1) is 0 Å². The van der Waals surface area contributed by atoms with Crippen LogP contribution in [0.25, 0.3) is 0 Å². The van der Waals surface area contributed by atoms with Gasteiger partial charge in [0.15, 0.2) is 0 Å². The standard InChI is InChI=1S/C17H20N2O4S/c1-12(10-15-4-3-9-23-15)18-17(20)14-5-6-16-13(11-14)7-8-19(16)24(2,21)22/h3-6,9,11-12H,7-8,10H2,1-2H3,(H,18,20). The first-order chi connectivity index (χ1) is 11.3. The van der Waals surface area contributed by atoms with Crippen molar-refractivity contribution >= 4 is 21.6 Å². The zero-order chi connectivity index (χ0) is 17.3. The molecule has 128 valence electrons. The van der Waals surface area contributed by atoms with Gasteiger partial charge in [0.1, 0.15) is 5.76 Å². The van der Waals surface area contributed by atoms with E-state index >= 15 is 0 Å². The van der Waals surface area contributed by atoms with Crippen LogP contribution in [0.15, 0.2) is 41.0 Å². The van der Waals surface area contributed by atoms with Crippen LogP contribution in [0.5, 0.6) is 0 Å². The summed E-state index contributed by atoms with van der Waals surface area (Å²) in [6.45, 7) is 2.34. The Morgan fingerprint density at radius 3 is 2.83 bits per heavy atom. The molecule has 0 spiro atoms. The predicted molar refractivity (Wildman–Crippen MR) is 91.7 cm³/mol. The van der Waals surface area contributed by atoms with Crippen molar-refractivity contribution in [3.63, 3.8) is 0 Å². The van der Waals surface area contributed by atoms with Gasteiger partial charge >= 0.3 is 0 Å². The van der Waals surface area contributed by atoms with Crippen molar-refractivity contribution in [1.82, 2.24) is 5.32 Å². The molecule has 1 aliphatic heterocycles. The van der Waals surface area contributed by atoms with Crippen LogP contribution >= 0.6 is 0 Å². The molecule has 1 aromatic carbocycles. The Bertz CT molecular complexity index is 843. The lowest BCUT2D eigenvalue weighted by Gasteiger charge is -2.17. The third kappa shape index (κ3) is 3.46. The Hall–Kier alpha value is -2.28. The summed E-state index contributed by atoms with van der Waals surface area (Å²) in [4.78, 5) is 12.4. The molecule has 1 aliphatic rings. The first-order valence-electron chi connectivity index (χ1n) is 7.78. The number of hydrogen-bond donors (Lipinski definition) is 1. The maximum atomic E-state index is 12.4. The SMILES string of the molecule is CC(Cc1ccco1)NC(=O)c1ccc2c(c1)CCN2S(C)(=O)=O. The minimum absolute atomic E-state index is 0.0653. The average Bonchev–Trinajstić information content (AvgIpc) is 3.14. The van der Waals surface area contributed by atoms with Crippen molar-refractivity contribution in [1.29, 1.82) is 0 Å². The van der Waals surface area contributed by atoms with Gasteiger partial charge in [-0.3, -0.25) is 9.10 Å². The summed E-state index contributed by atoms with van der Waals surface area (Å²) in [7, 11) is -3.27. The van der Waals surface area contributed by atoms with Crippen LogP contribution in [0.3, 0.4) is 0 Å². The van der Waals surface area contributed by atoms with Crippen LogP contribution in [0.2, 0.25) is 0 Å². The average molecular weight is 348 g/mol. The number of carbonyl (C=O) groups excluding carboxylic acids is 1. The zero-order valence-corrected chi connectivity index (χ0v) is 14.5. The minimum Gasteiger partial charge on any atom is -0.469 e. The van der Waals surface area contributed by atoms with Gasteiger partial charge in [0, 0.05) is 24.6 Å². The molecule has 1 amide bonds. The Kier molecular flexibility index (Phi) is 4.36. The number of fused-ring (bicyclic) bond motifs is 1. The number of rotatable bonds is 5. The number of furan rings is 1. The molecule has 0 fully saturated rings. The van der Waals surface area contributed by atoms with Gasteiger partial charge in [-0.1, -0.05) is 0 Å². The van der Waals surface area contributed by atoms with Crippen molar-refractivity contribution < 1.29 is 17.6 Å². The van der Waals surface area contributed by atoms with E-state index in [9.17, 15) is 13.2 Å². The summed E-state index contributed by atoms with van der Waals surface area (Å²) >= 11 is 0. The quantitative estimate of drug-likeness (QED) is 0.896. The number of anilines is 1. The third-order valence-corrected chi connectivity index (χ3v) is 5.24. The Balaban J connectivity index is 1.71. The summed E-state index contributed by atoms with van der Waals surface area (Å²) in [5.41, 5.74) is 2.08. The molecule has 0 saturated carbocycles. The molecule has 0 radical (unpaired) electrons. The number of carbonyl (C=O) groups is 1. The van der Waals surface area contributed by atoms with Crippen molar-refractivity contribution in [2.24, 2.45) is 0 Å². The highest BCUT2D eigenvalue weighted by molar-refractivity contribution is 7.92. The van der Waals surface area contributed by atoms with E-state index in [1.807, 2.05) is 19.1 Å². The van der Waals surface area contributed by atoms with E-state index in [0.29, 0.717) is 30.6 Å². The molecule has 2 heterocycles. The molecule has 0 aliphatic carbocycles. The van der Waals surface area contributed by atoms with Crippen LogP contribution in [0.1, 0.15) is 28.6 Å². The van der Waals surface area contributed by atoms with Gasteiger partial charge in [0.05, 0.1) is 18.2 Å². The lowest BCUT2D eigenvalue weighted by molar-refractivity contribution is 0.0939. The van der Waals surface area contributed by atoms with Gasteiger partial charge in [0.2, 0.25) is 10.0 Å². The third-order valence-electron chi connectivity index (χ3n) is 4.06. The van der Waals surface area contributed by atoms with Gasteiger partial charge < -0.3 is 9.73 Å². The van der Waals surface area contributed by atoms with Crippen LogP contribution in [-0.2, 0) is 22.9 Å². The fraction of sp³-hybridized carbons (Fsp3) is 0.353. The monoisotopic (exact) mass is 348 g/mol. The molecule has 6 nitrogen and oxygen atoms in total. The Morgan fingerprint density at radius 2 is 2.17 bits per heavy atom. The Labute approximate surface area is 141 Å². The molecule has 2 aromatic rings. The Morgan fingerprint density at radius 1 is 1.38 bits per heavy atom. The highest BCUT2D eigenvalue weighted by atomic mass is 32.2. The van der Waals surface area contributed by atoms with E-state index in [2.05, 4.69) is 5.32 Å². The second-order valence-corrected chi connectivity index (χ2v) is 7.99. The normalized spacial score (nSPS) is 15.2. The second-order valence-electron chi connectivity index (χ2n) is 6.09. The predicted octanol–water partition coefficient (Wildman–Crippen LogP) is 1.96. The highest BCUT2D eigenvalue weighted by Gasteiger charge is 2.26. The molecule has 7 heteroatoms. The second kappa shape index (κ2) is 6.32. The fourth-order valence-electron chi connectivity index (χ4n) is 2.95. The zero-order valence-electron chi connectivity index (χ0n) is 13.7. The number of benzene rings is 1. The summed E-state index contributed by atoms with van der Waals surface area (Å²) in [5.74, 6) is 0.648. The fourth-order valence-corrected chi connectivity index (χ4v) is 3.90. The van der Waals surface area contributed by atoms with E-state index in [1.54, 1.807) is 24.5 Å². The number of nitrogens with zero attached hydrogens (tertiary/aromatic N) is 1. The minimum atomic E-state index is -3.27. The van der Waals surface area contributed by atoms with Gasteiger partial charge in [-0.05, 0) is 49.2 Å². The van der Waals surface area contributed by atoms with Crippen molar-refractivity contribution in [3.05, 3.63) is 53.5 Å². The molecule has 3 rings (SSSR count). The lowest BCUT2D eigenvalue weighted by Crippen LogP contribution is -2.34. The number of sulfonamides is 1. The van der Waals surface area contributed by atoms with E-state index in [4.69, 9.17) is 4.42 Å². The van der Waals surface area contributed by atoms with Crippen molar-refractivity contribution in [2.75, 3.05) is 17.1 Å². The smallest absolute Gasteiger partial charge is 0.251 e. The van der Waals surface area contributed by atoms with E-state index in [1.165, 1.54) is 10.6 Å². The molecule has 1 N–H and O–H groups in total. The van der Waals surface area contributed by atoms with E-state index < -0.39 is 10.0 Å². The van der Waals surface area contributed by atoms with Gasteiger partial charge in [-0.2, -0.15) is 0 Å². The first-order valence-corrected chi connectivity index (χ1v) is 9.63. The van der Waals surface area contributed by atoms with Crippen LogP contribution in [0.4, 0.5) is 5.69 Å². The van der Waals surface area contributed by atoms with Crippen molar-refractivity contribution in [2.45, 2.75) is 25.8 Å². The molecule has 1 atom stereocenters. The summed E-state index contributed by atoms with van der Waals surface area (Å²) < 4.78 is 30.2. The molecule has 24 heavy (non-hydrogen) atoms. The lowest BCUT2D eigenvalue weighted by atomic mass is 10.1.